The molecule has 0 saturated heterocycles. The zero-order chi connectivity index (χ0) is 20.9. The minimum absolute atomic E-state index is 0.0885. The van der Waals surface area contributed by atoms with Crippen LogP contribution < -0.4 is 0 Å². The summed E-state index contributed by atoms with van der Waals surface area (Å²) in [4.78, 5) is 23.8. The zero-order valence-electron chi connectivity index (χ0n) is 16.6. The van der Waals surface area contributed by atoms with Crippen molar-refractivity contribution in [1.82, 2.24) is 5.01 Å². The molecule has 1 heterocycles. The monoisotopic (exact) mass is 420 g/mol. The highest BCUT2D eigenvalue weighted by Crippen LogP contribution is 2.44. The van der Waals surface area contributed by atoms with E-state index in [1.807, 2.05) is 48.5 Å². The molecule has 6 heteroatoms. The predicted octanol–water partition coefficient (Wildman–Crippen LogP) is 4.63. The number of nitrogens with zero attached hydrogens (tertiary/aromatic N) is 2. The molecule has 0 aromatic heterocycles. The van der Waals surface area contributed by atoms with Crippen molar-refractivity contribution in [3.8, 4) is 0 Å². The van der Waals surface area contributed by atoms with E-state index in [2.05, 4.69) is 18.2 Å². The third-order valence-corrected chi connectivity index (χ3v) is 6.39. The summed E-state index contributed by atoms with van der Waals surface area (Å²) in [5, 5.41) is 15.3. The van der Waals surface area contributed by atoms with Gasteiger partial charge in [-0.05, 0) is 42.0 Å². The van der Waals surface area contributed by atoms with Crippen LogP contribution in [0, 0.1) is 5.92 Å². The van der Waals surface area contributed by atoms with Crippen LogP contribution >= 0.6 is 11.8 Å². The highest BCUT2D eigenvalue weighted by molar-refractivity contribution is 8.00. The van der Waals surface area contributed by atoms with E-state index in [1.54, 1.807) is 5.01 Å². The topological polar surface area (TPSA) is 70.0 Å². The Balaban J connectivity index is 1.66. The second-order valence-corrected chi connectivity index (χ2v) is 8.53. The van der Waals surface area contributed by atoms with Crippen LogP contribution in [0.5, 0.6) is 0 Å². The van der Waals surface area contributed by atoms with Gasteiger partial charge in [0.05, 0.1) is 23.3 Å². The number of hydrazone groups is 1. The van der Waals surface area contributed by atoms with Gasteiger partial charge in [-0.1, -0.05) is 60.7 Å². The number of hydrogen-bond donors (Lipinski definition) is 1. The molecule has 30 heavy (non-hydrogen) atoms. The Hall–Kier alpha value is -2.86. The van der Waals surface area contributed by atoms with E-state index in [9.17, 15) is 9.59 Å². The number of carboxylic acid groups (broad SMARTS) is 1. The van der Waals surface area contributed by atoms with E-state index in [0.29, 0.717) is 0 Å². The first-order chi connectivity index (χ1) is 14.6. The second-order valence-electron chi connectivity index (χ2n) is 7.54. The van der Waals surface area contributed by atoms with Gasteiger partial charge in [-0.2, -0.15) is 5.10 Å². The Labute approximate surface area is 180 Å². The molecule has 1 amide bonds. The van der Waals surface area contributed by atoms with Crippen LogP contribution in [-0.4, -0.2) is 39.2 Å². The number of rotatable bonds is 6. The average Bonchev–Trinajstić information content (AvgIpc) is 3.15. The van der Waals surface area contributed by atoms with Gasteiger partial charge in [-0.25, -0.2) is 5.01 Å². The number of hydrogen-bond acceptors (Lipinski definition) is 4. The number of fused-ring (bicyclic) bond motifs is 1. The highest BCUT2D eigenvalue weighted by Gasteiger charge is 2.43. The lowest BCUT2D eigenvalue weighted by molar-refractivity contribution is -0.133. The minimum Gasteiger partial charge on any atom is -0.481 e. The summed E-state index contributed by atoms with van der Waals surface area (Å²) >= 11 is 1.12. The molecule has 2 aliphatic rings. The first-order valence-corrected chi connectivity index (χ1v) is 11.3. The fourth-order valence-electron chi connectivity index (χ4n) is 4.23. The van der Waals surface area contributed by atoms with Gasteiger partial charge < -0.3 is 5.11 Å². The maximum Gasteiger partial charge on any atom is 0.313 e. The molecule has 154 valence electrons. The van der Waals surface area contributed by atoms with E-state index >= 15 is 0 Å². The van der Waals surface area contributed by atoms with E-state index in [0.717, 1.165) is 47.9 Å². The summed E-state index contributed by atoms with van der Waals surface area (Å²) in [7, 11) is 0. The Morgan fingerprint density at radius 3 is 2.47 bits per heavy atom. The molecule has 5 nitrogen and oxygen atoms in total. The number of carbonyl (C=O) groups excluding carboxylic acids is 1. The number of benzene rings is 2. The maximum absolute atomic E-state index is 13.0. The van der Waals surface area contributed by atoms with Crippen LogP contribution in [0.15, 0.2) is 71.3 Å². The van der Waals surface area contributed by atoms with Crippen molar-refractivity contribution in [1.29, 1.82) is 0 Å². The van der Waals surface area contributed by atoms with Crippen molar-refractivity contribution in [3.63, 3.8) is 0 Å². The van der Waals surface area contributed by atoms with Crippen molar-refractivity contribution < 1.29 is 14.7 Å². The van der Waals surface area contributed by atoms with Gasteiger partial charge in [0.1, 0.15) is 0 Å². The molecular formula is C24H24N2O3S. The molecule has 1 saturated carbocycles. The van der Waals surface area contributed by atoms with Crippen molar-refractivity contribution in [2.75, 3.05) is 11.5 Å². The van der Waals surface area contributed by atoms with E-state index in [4.69, 9.17) is 10.2 Å². The van der Waals surface area contributed by atoms with Crippen LogP contribution in [0.2, 0.25) is 0 Å². The molecule has 0 unspecified atom stereocenters. The molecular weight excluding hydrogens is 396 g/mol. The lowest BCUT2D eigenvalue weighted by atomic mass is 9.77. The fourth-order valence-corrected chi connectivity index (χ4v) is 4.82. The van der Waals surface area contributed by atoms with Gasteiger partial charge in [0.2, 0.25) is 0 Å². The van der Waals surface area contributed by atoms with Crippen molar-refractivity contribution in [2.24, 2.45) is 11.0 Å². The lowest BCUT2D eigenvalue weighted by Gasteiger charge is -2.29. The normalized spacial score (nSPS) is 21.9. The molecule has 4 rings (SSSR count). The summed E-state index contributed by atoms with van der Waals surface area (Å²) in [6.07, 6.45) is 5.17. The van der Waals surface area contributed by atoms with Gasteiger partial charge in [0.25, 0.3) is 5.91 Å². The predicted molar refractivity (Wildman–Crippen MR) is 120 cm³/mol. The number of carboxylic acids is 1. The molecule has 1 aliphatic carbocycles. The summed E-state index contributed by atoms with van der Waals surface area (Å²) in [6.45, 7) is 0. The van der Waals surface area contributed by atoms with Gasteiger partial charge in [0.15, 0.2) is 0 Å². The number of allylic oxidation sites excluding steroid dienone is 1. The molecule has 2 aromatic carbocycles. The molecule has 0 radical (unpaired) electrons. The van der Waals surface area contributed by atoms with Crippen LogP contribution in [0.25, 0.3) is 6.08 Å². The minimum atomic E-state index is -0.915. The Morgan fingerprint density at radius 1 is 1.07 bits per heavy atom. The number of thioether (sulfide) groups is 1. The number of aliphatic carboxylic acids is 1. The number of amides is 1. The molecule has 2 aromatic rings. The van der Waals surface area contributed by atoms with E-state index in [-0.39, 0.29) is 29.4 Å². The standard InChI is InChI=1S/C24H24N2O3S/c27-21(15-30-16-22(28)29)26-24(18-10-5-2-6-11-18)20-13-7-12-19(23(20)25-26)14-17-8-3-1-4-9-17/h1-6,8-11,14,20,24H,7,12-13,15-16H2,(H,28,29)/b19-14+/t20-,24-/m0/s1. The fraction of sp³-hybridized carbons (Fsp3) is 0.292. The van der Waals surface area contributed by atoms with Crippen LogP contribution in [-0.2, 0) is 9.59 Å². The van der Waals surface area contributed by atoms with E-state index < -0.39 is 5.97 Å². The molecule has 1 aliphatic heterocycles. The van der Waals surface area contributed by atoms with Crippen molar-refractivity contribution >= 4 is 35.4 Å². The van der Waals surface area contributed by atoms with Crippen LogP contribution in [0.3, 0.4) is 0 Å². The summed E-state index contributed by atoms with van der Waals surface area (Å²) in [5.74, 6) is -0.881. The largest absolute Gasteiger partial charge is 0.481 e. The smallest absolute Gasteiger partial charge is 0.313 e. The molecule has 0 spiro atoms. The highest BCUT2D eigenvalue weighted by atomic mass is 32.2. The van der Waals surface area contributed by atoms with Gasteiger partial charge in [0, 0.05) is 5.92 Å². The zero-order valence-corrected chi connectivity index (χ0v) is 17.4. The van der Waals surface area contributed by atoms with E-state index in [1.165, 1.54) is 5.57 Å². The summed E-state index contributed by atoms with van der Waals surface area (Å²) in [6, 6.07) is 20.1. The molecule has 1 N–H and O–H groups in total. The quantitative estimate of drug-likeness (QED) is 0.740. The van der Waals surface area contributed by atoms with Gasteiger partial charge in [-0.3, -0.25) is 9.59 Å². The van der Waals surface area contributed by atoms with Crippen molar-refractivity contribution in [2.45, 2.75) is 25.3 Å². The maximum atomic E-state index is 13.0. The SMILES string of the molecule is O=C(O)CSCC(=O)N1N=C2/C(=C/c3ccccc3)CCC[C@@H]2[C@@H]1c1ccccc1. The first-order valence-electron chi connectivity index (χ1n) is 10.1. The summed E-state index contributed by atoms with van der Waals surface area (Å²) < 4.78 is 0. The molecule has 2 atom stereocenters. The van der Waals surface area contributed by atoms with Gasteiger partial charge in [-0.15, -0.1) is 11.8 Å². The summed E-state index contributed by atoms with van der Waals surface area (Å²) in [5.41, 5.74) is 4.38. The Kier molecular flexibility index (Phi) is 6.33. The Morgan fingerprint density at radius 2 is 1.77 bits per heavy atom. The van der Waals surface area contributed by atoms with Crippen LogP contribution in [0.1, 0.15) is 36.4 Å². The third kappa shape index (κ3) is 4.49. The first kappa shape index (κ1) is 20.4. The Bertz CT molecular complexity index is 972. The van der Waals surface area contributed by atoms with Crippen molar-refractivity contribution in [3.05, 3.63) is 77.4 Å². The molecule has 1 fully saturated rings. The number of carbonyl (C=O) groups is 2. The van der Waals surface area contributed by atoms with Crippen LogP contribution in [0.4, 0.5) is 0 Å². The third-order valence-electron chi connectivity index (χ3n) is 5.49. The average molecular weight is 421 g/mol. The van der Waals surface area contributed by atoms with Gasteiger partial charge >= 0.3 is 5.97 Å². The lowest BCUT2D eigenvalue weighted by Crippen LogP contribution is -2.33. The second kappa shape index (κ2) is 9.30. The molecule has 0 bridgehead atoms.